The van der Waals surface area contributed by atoms with E-state index in [0.29, 0.717) is 0 Å². The number of sulfone groups is 1. The highest BCUT2D eigenvalue weighted by molar-refractivity contribution is 7.91. The van der Waals surface area contributed by atoms with Crippen LogP contribution < -0.4 is 5.32 Å². The van der Waals surface area contributed by atoms with E-state index in [2.05, 4.69) is 5.32 Å². The number of carbonyl (C=O) groups is 2. The first kappa shape index (κ1) is 17.3. The van der Waals surface area contributed by atoms with Gasteiger partial charge in [-0.1, -0.05) is 0 Å². The molecule has 0 aliphatic heterocycles. The molecule has 0 aromatic heterocycles. The molecule has 0 heterocycles. The number of likely N-dealkylation sites (N-methyl/N-ethyl adjacent to an activating group) is 1. The van der Waals surface area contributed by atoms with Crippen LogP contribution in [0.4, 0.5) is 8.78 Å². The molecule has 1 saturated carbocycles. The molecule has 126 valence electrons. The Kier molecular flexibility index (Phi) is 4.98. The maximum atomic E-state index is 12.4. The van der Waals surface area contributed by atoms with Crippen molar-refractivity contribution in [2.75, 3.05) is 13.6 Å². The maximum Gasteiger partial charge on any atom is 0.341 e. The molecule has 0 unspecified atom stereocenters. The molecule has 1 aliphatic rings. The van der Waals surface area contributed by atoms with Crippen LogP contribution in [0.25, 0.3) is 0 Å². The summed E-state index contributed by atoms with van der Waals surface area (Å²) in [5.74, 6) is -4.30. The number of benzene rings is 1. The minimum absolute atomic E-state index is 0.111. The molecule has 9 heteroatoms. The molecular formula is C14H16F2N2O4S. The number of amides is 2. The van der Waals surface area contributed by atoms with E-state index in [1.165, 1.54) is 11.9 Å². The molecular weight excluding hydrogens is 330 g/mol. The van der Waals surface area contributed by atoms with Crippen molar-refractivity contribution in [1.29, 1.82) is 0 Å². The second kappa shape index (κ2) is 6.61. The predicted molar refractivity (Wildman–Crippen MR) is 77.8 cm³/mol. The molecule has 1 fully saturated rings. The summed E-state index contributed by atoms with van der Waals surface area (Å²) in [7, 11) is -3.26. The van der Waals surface area contributed by atoms with Crippen molar-refractivity contribution in [3.8, 4) is 0 Å². The van der Waals surface area contributed by atoms with Crippen LogP contribution in [0.3, 0.4) is 0 Å². The highest BCUT2D eigenvalue weighted by Crippen LogP contribution is 2.19. The average Bonchev–Trinajstić information content (AvgIpc) is 3.30. The molecule has 0 saturated heterocycles. The molecule has 0 radical (unpaired) electrons. The fourth-order valence-electron chi connectivity index (χ4n) is 1.90. The van der Waals surface area contributed by atoms with Gasteiger partial charge < -0.3 is 10.2 Å². The second-order valence-electron chi connectivity index (χ2n) is 5.33. The summed E-state index contributed by atoms with van der Waals surface area (Å²) in [6.07, 6.45) is 1.87. The third kappa shape index (κ3) is 4.25. The van der Waals surface area contributed by atoms with Gasteiger partial charge in [-0.2, -0.15) is 8.78 Å². The van der Waals surface area contributed by atoms with E-state index in [9.17, 15) is 26.8 Å². The Hall–Kier alpha value is -2.03. The summed E-state index contributed by atoms with van der Waals surface area (Å²) in [4.78, 5) is 24.4. The van der Waals surface area contributed by atoms with Crippen LogP contribution in [-0.4, -0.2) is 50.5 Å². The highest BCUT2D eigenvalue weighted by Gasteiger charge is 2.27. The number of hydrogen-bond donors (Lipinski definition) is 1. The van der Waals surface area contributed by atoms with Crippen LogP contribution >= 0.6 is 0 Å². The Labute approximate surface area is 132 Å². The third-order valence-electron chi connectivity index (χ3n) is 3.33. The summed E-state index contributed by atoms with van der Waals surface area (Å²) in [6, 6.07) is 4.38. The van der Waals surface area contributed by atoms with Crippen molar-refractivity contribution < 1.29 is 26.8 Å². The Morgan fingerprint density at radius 1 is 1.26 bits per heavy atom. The molecule has 1 aromatic carbocycles. The Bertz CT molecular complexity index is 700. The maximum absolute atomic E-state index is 12.4. The highest BCUT2D eigenvalue weighted by atomic mass is 32.2. The van der Waals surface area contributed by atoms with Crippen LogP contribution in [0, 0.1) is 0 Å². The quantitative estimate of drug-likeness (QED) is 0.834. The molecule has 2 amide bonds. The van der Waals surface area contributed by atoms with E-state index in [4.69, 9.17) is 0 Å². The minimum atomic E-state index is -4.69. The lowest BCUT2D eigenvalue weighted by molar-refractivity contribution is -0.121. The van der Waals surface area contributed by atoms with Crippen LogP contribution in [0.2, 0.25) is 0 Å². The SMILES string of the molecule is CN(CC(=O)NC1CC1)C(=O)c1ccc(S(=O)(=O)C(F)F)cc1. The van der Waals surface area contributed by atoms with Gasteiger partial charge in [-0.3, -0.25) is 9.59 Å². The molecule has 2 rings (SSSR count). The largest absolute Gasteiger partial charge is 0.352 e. The van der Waals surface area contributed by atoms with Gasteiger partial charge in [0.2, 0.25) is 15.7 Å². The molecule has 1 N–H and O–H groups in total. The number of hydrogen-bond acceptors (Lipinski definition) is 4. The second-order valence-corrected chi connectivity index (χ2v) is 7.25. The van der Waals surface area contributed by atoms with E-state index in [-0.39, 0.29) is 24.1 Å². The van der Waals surface area contributed by atoms with Crippen molar-refractivity contribution in [2.24, 2.45) is 0 Å². The molecule has 23 heavy (non-hydrogen) atoms. The number of halogens is 2. The normalized spacial score (nSPS) is 14.6. The van der Waals surface area contributed by atoms with Gasteiger partial charge in [-0.15, -0.1) is 0 Å². The first-order chi connectivity index (χ1) is 10.7. The van der Waals surface area contributed by atoms with E-state index in [1.54, 1.807) is 0 Å². The van der Waals surface area contributed by atoms with Crippen LogP contribution in [0.5, 0.6) is 0 Å². The number of nitrogens with zero attached hydrogens (tertiary/aromatic N) is 1. The van der Waals surface area contributed by atoms with Gasteiger partial charge in [0.05, 0.1) is 11.4 Å². The van der Waals surface area contributed by atoms with Gasteiger partial charge in [-0.05, 0) is 37.1 Å². The molecule has 0 atom stereocenters. The van der Waals surface area contributed by atoms with Crippen molar-refractivity contribution in [2.45, 2.75) is 29.5 Å². The van der Waals surface area contributed by atoms with Gasteiger partial charge in [0.25, 0.3) is 5.91 Å². The van der Waals surface area contributed by atoms with Gasteiger partial charge in [0, 0.05) is 18.7 Å². The molecule has 6 nitrogen and oxygen atoms in total. The average molecular weight is 346 g/mol. The van der Waals surface area contributed by atoms with E-state index < -0.39 is 26.4 Å². The third-order valence-corrected chi connectivity index (χ3v) is 4.73. The smallest absolute Gasteiger partial charge is 0.341 e. The standard InChI is InChI=1S/C14H16F2N2O4S/c1-18(8-12(19)17-10-4-5-10)13(20)9-2-6-11(7-3-9)23(21,22)14(15)16/h2-3,6-7,10,14H,4-5,8H2,1H3,(H,17,19). The summed E-state index contributed by atoms with van der Waals surface area (Å²) < 4.78 is 47.5. The fourth-order valence-corrected chi connectivity index (χ4v) is 2.62. The van der Waals surface area contributed by atoms with E-state index in [0.717, 1.165) is 37.1 Å². The van der Waals surface area contributed by atoms with Crippen molar-refractivity contribution in [1.82, 2.24) is 10.2 Å². The Morgan fingerprint density at radius 2 is 1.83 bits per heavy atom. The zero-order chi connectivity index (χ0) is 17.2. The molecule has 1 aromatic rings. The topological polar surface area (TPSA) is 83.6 Å². The lowest BCUT2D eigenvalue weighted by Gasteiger charge is -2.17. The number of carbonyl (C=O) groups excluding carboxylic acids is 2. The first-order valence-electron chi connectivity index (χ1n) is 6.88. The van der Waals surface area contributed by atoms with Crippen molar-refractivity contribution in [3.63, 3.8) is 0 Å². The van der Waals surface area contributed by atoms with Crippen LogP contribution in [-0.2, 0) is 14.6 Å². The van der Waals surface area contributed by atoms with Gasteiger partial charge in [-0.25, -0.2) is 8.42 Å². The molecule has 1 aliphatic carbocycles. The monoisotopic (exact) mass is 346 g/mol. The summed E-state index contributed by atoms with van der Waals surface area (Å²) in [6.45, 7) is -0.133. The molecule has 0 bridgehead atoms. The zero-order valence-corrected chi connectivity index (χ0v) is 13.1. The summed E-state index contributed by atoms with van der Waals surface area (Å²) in [5.41, 5.74) is 0.111. The van der Waals surface area contributed by atoms with E-state index in [1.807, 2.05) is 0 Å². The lowest BCUT2D eigenvalue weighted by Crippen LogP contribution is -2.39. The van der Waals surface area contributed by atoms with Crippen molar-refractivity contribution in [3.05, 3.63) is 29.8 Å². The van der Waals surface area contributed by atoms with Crippen molar-refractivity contribution >= 4 is 21.7 Å². The zero-order valence-electron chi connectivity index (χ0n) is 12.3. The first-order valence-corrected chi connectivity index (χ1v) is 8.43. The van der Waals surface area contributed by atoms with Gasteiger partial charge in [0.1, 0.15) is 0 Å². The fraction of sp³-hybridized carbons (Fsp3) is 0.429. The van der Waals surface area contributed by atoms with E-state index >= 15 is 0 Å². The number of alkyl halides is 2. The predicted octanol–water partition coefficient (Wildman–Crippen LogP) is 1.03. The van der Waals surface area contributed by atoms with Gasteiger partial charge >= 0.3 is 5.76 Å². The number of rotatable bonds is 6. The minimum Gasteiger partial charge on any atom is -0.352 e. The summed E-state index contributed by atoms with van der Waals surface area (Å²) in [5, 5.41) is 2.74. The summed E-state index contributed by atoms with van der Waals surface area (Å²) >= 11 is 0. The van der Waals surface area contributed by atoms with Crippen LogP contribution in [0.15, 0.2) is 29.2 Å². The lowest BCUT2D eigenvalue weighted by atomic mass is 10.2. The van der Waals surface area contributed by atoms with Gasteiger partial charge in [0.15, 0.2) is 0 Å². The Morgan fingerprint density at radius 3 is 2.30 bits per heavy atom. The molecule has 0 spiro atoms. The van der Waals surface area contributed by atoms with Crippen LogP contribution in [0.1, 0.15) is 23.2 Å². The Balaban J connectivity index is 2.03. The number of nitrogens with one attached hydrogen (secondary N) is 1.